The minimum absolute atomic E-state index is 0.195. The average molecular weight is 379 g/mol. The molecule has 0 aliphatic carbocycles. The number of nitrogens with one attached hydrogen (secondary N) is 2. The molecule has 0 saturated heterocycles. The van der Waals surface area contributed by atoms with Crippen LogP contribution in [-0.2, 0) is 7.05 Å². The van der Waals surface area contributed by atoms with E-state index in [2.05, 4.69) is 20.5 Å². The quantitative estimate of drug-likeness (QED) is 0.552. The van der Waals surface area contributed by atoms with Crippen molar-refractivity contribution in [3.8, 4) is 5.75 Å². The van der Waals surface area contributed by atoms with Gasteiger partial charge in [-0.15, -0.1) is 10.2 Å². The van der Waals surface area contributed by atoms with Gasteiger partial charge in [-0.3, -0.25) is 4.79 Å². The molecule has 7 nitrogen and oxygen atoms in total. The van der Waals surface area contributed by atoms with E-state index in [-0.39, 0.29) is 5.91 Å². The molecule has 2 aromatic heterocycles. The molecule has 2 heterocycles. The van der Waals surface area contributed by atoms with Gasteiger partial charge in [0, 0.05) is 34.6 Å². The first kappa shape index (κ1) is 17.2. The third-order valence-corrected chi connectivity index (χ3v) is 5.13. The second-order valence-electron chi connectivity index (χ2n) is 5.94. The highest BCUT2D eigenvalue weighted by Gasteiger charge is 2.11. The van der Waals surface area contributed by atoms with Gasteiger partial charge in [0.2, 0.25) is 0 Å². The van der Waals surface area contributed by atoms with Crippen LogP contribution >= 0.6 is 11.8 Å². The molecule has 0 radical (unpaired) electrons. The van der Waals surface area contributed by atoms with E-state index in [1.165, 1.54) is 11.8 Å². The number of benzene rings is 2. The number of ether oxygens (including phenoxy) is 1. The molecule has 0 saturated carbocycles. The van der Waals surface area contributed by atoms with E-state index in [9.17, 15) is 4.79 Å². The zero-order valence-corrected chi connectivity index (χ0v) is 15.6. The van der Waals surface area contributed by atoms with Crippen LogP contribution in [0.3, 0.4) is 0 Å². The van der Waals surface area contributed by atoms with Crippen molar-refractivity contribution >= 4 is 34.3 Å². The number of hydrogen-bond acceptors (Lipinski definition) is 5. The maximum absolute atomic E-state index is 12.5. The molecule has 136 valence electrons. The number of anilines is 1. The number of methoxy groups -OCH3 is 1. The number of carbonyl (C=O) groups is 1. The molecule has 0 fully saturated rings. The number of fused-ring (bicyclic) bond motifs is 1. The van der Waals surface area contributed by atoms with E-state index >= 15 is 0 Å². The van der Waals surface area contributed by atoms with Gasteiger partial charge < -0.3 is 19.6 Å². The Labute approximate surface area is 159 Å². The molecule has 4 aromatic rings. The van der Waals surface area contributed by atoms with Crippen molar-refractivity contribution in [1.29, 1.82) is 0 Å². The monoisotopic (exact) mass is 379 g/mol. The molecule has 0 atom stereocenters. The molecule has 0 bridgehead atoms. The Balaban J connectivity index is 1.47. The molecule has 8 heteroatoms. The fourth-order valence-electron chi connectivity index (χ4n) is 2.63. The molecule has 2 N–H and O–H groups in total. The van der Waals surface area contributed by atoms with Crippen molar-refractivity contribution < 1.29 is 9.53 Å². The summed E-state index contributed by atoms with van der Waals surface area (Å²) in [4.78, 5) is 16.7. The predicted octanol–water partition coefficient (Wildman–Crippen LogP) is 3.71. The first-order valence-electron chi connectivity index (χ1n) is 8.22. The number of aryl methyl sites for hydroxylation is 1. The Morgan fingerprint density at radius 3 is 2.70 bits per heavy atom. The van der Waals surface area contributed by atoms with Crippen LogP contribution in [0, 0.1) is 0 Å². The number of H-pyrrole nitrogens is 1. The summed E-state index contributed by atoms with van der Waals surface area (Å²) >= 11 is 1.51. The molecule has 0 aliphatic rings. The maximum atomic E-state index is 12.5. The van der Waals surface area contributed by atoms with Crippen LogP contribution < -0.4 is 10.1 Å². The standard InChI is InChI=1S/C19H17N5O2S/c1-24-11-20-23-19(24)27-15-7-4-13(5-8-15)21-18(25)17-9-12-3-6-14(26-2)10-16(12)22-17/h3-11,22H,1-2H3,(H,21,25). The smallest absolute Gasteiger partial charge is 0.272 e. The molecule has 1 amide bonds. The summed E-state index contributed by atoms with van der Waals surface area (Å²) in [5, 5.41) is 12.6. The van der Waals surface area contributed by atoms with E-state index < -0.39 is 0 Å². The van der Waals surface area contributed by atoms with E-state index in [0.29, 0.717) is 5.69 Å². The van der Waals surface area contributed by atoms with Crippen LogP contribution in [-0.4, -0.2) is 32.8 Å². The summed E-state index contributed by atoms with van der Waals surface area (Å²) in [5.74, 6) is 0.547. The van der Waals surface area contributed by atoms with Crippen molar-refractivity contribution in [2.45, 2.75) is 10.1 Å². The number of carbonyl (C=O) groups excluding carboxylic acids is 1. The van der Waals surface area contributed by atoms with Crippen molar-refractivity contribution in [3.63, 3.8) is 0 Å². The molecule has 0 spiro atoms. The maximum Gasteiger partial charge on any atom is 0.272 e. The van der Waals surface area contributed by atoms with Crippen LogP contribution in [0.15, 0.2) is 64.9 Å². The third kappa shape index (κ3) is 3.65. The van der Waals surface area contributed by atoms with Crippen molar-refractivity contribution in [2.24, 2.45) is 7.05 Å². The zero-order valence-electron chi connectivity index (χ0n) is 14.8. The van der Waals surface area contributed by atoms with Crippen LogP contribution in [0.25, 0.3) is 10.9 Å². The van der Waals surface area contributed by atoms with E-state index in [4.69, 9.17) is 4.74 Å². The number of aromatic nitrogens is 4. The second kappa shape index (κ2) is 7.16. The highest BCUT2D eigenvalue weighted by Crippen LogP contribution is 2.27. The average Bonchev–Trinajstić information content (AvgIpc) is 3.29. The van der Waals surface area contributed by atoms with Gasteiger partial charge in [0.1, 0.15) is 17.8 Å². The third-order valence-electron chi connectivity index (χ3n) is 4.07. The first-order chi connectivity index (χ1) is 13.1. The summed E-state index contributed by atoms with van der Waals surface area (Å²) in [6.45, 7) is 0. The zero-order chi connectivity index (χ0) is 18.8. The lowest BCUT2D eigenvalue weighted by Gasteiger charge is -2.05. The summed E-state index contributed by atoms with van der Waals surface area (Å²) in [6, 6.07) is 15.1. The number of nitrogens with zero attached hydrogens (tertiary/aromatic N) is 3. The van der Waals surface area contributed by atoms with Crippen LogP contribution in [0.2, 0.25) is 0 Å². The highest BCUT2D eigenvalue weighted by molar-refractivity contribution is 7.99. The Bertz CT molecular complexity index is 1100. The van der Waals surface area contributed by atoms with Crippen molar-refractivity contribution in [2.75, 3.05) is 12.4 Å². The number of amides is 1. The lowest BCUT2D eigenvalue weighted by Crippen LogP contribution is -2.12. The van der Waals surface area contributed by atoms with Crippen LogP contribution in [0.5, 0.6) is 5.75 Å². The van der Waals surface area contributed by atoms with Crippen molar-refractivity contribution in [3.05, 3.63) is 60.6 Å². The van der Waals surface area contributed by atoms with Gasteiger partial charge in [0.25, 0.3) is 5.91 Å². The summed E-state index contributed by atoms with van der Waals surface area (Å²) in [6.07, 6.45) is 1.66. The topological polar surface area (TPSA) is 84.8 Å². The molecular weight excluding hydrogens is 362 g/mol. The van der Waals surface area contributed by atoms with Crippen LogP contribution in [0.4, 0.5) is 5.69 Å². The SMILES string of the molecule is COc1ccc2cc(C(=O)Nc3ccc(Sc4nncn4C)cc3)[nH]c2c1. The Morgan fingerprint density at radius 1 is 1.19 bits per heavy atom. The highest BCUT2D eigenvalue weighted by atomic mass is 32.2. The first-order valence-corrected chi connectivity index (χ1v) is 9.04. The van der Waals surface area contributed by atoms with E-state index in [0.717, 1.165) is 32.4 Å². The lowest BCUT2D eigenvalue weighted by molar-refractivity contribution is 0.102. The fraction of sp³-hybridized carbons (Fsp3) is 0.105. The molecule has 0 unspecified atom stereocenters. The number of rotatable bonds is 5. The van der Waals surface area contributed by atoms with Gasteiger partial charge in [0.15, 0.2) is 5.16 Å². The molecule has 4 rings (SSSR count). The number of aromatic amines is 1. The summed E-state index contributed by atoms with van der Waals surface area (Å²) < 4.78 is 7.06. The second-order valence-corrected chi connectivity index (χ2v) is 6.98. The fourth-order valence-corrected chi connectivity index (χ4v) is 3.39. The Morgan fingerprint density at radius 2 is 2.00 bits per heavy atom. The lowest BCUT2D eigenvalue weighted by atomic mass is 10.2. The molecule has 2 aromatic carbocycles. The Kier molecular flexibility index (Phi) is 4.55. The van der Waals surface area contributed by atoms with Crippen molar-refractivity contribution in [1.82, 2.24) is 19.7 Å². The summed E-state index contributed by atoms with van der Waals surface area (Å²) in [5.41, 5.74) is 2.07. The molecule has 0 aliphatic heterocycles. The molecule has 27 heavy (non-hydrogen) atoms. The Hall–Kier alpha value is -3.26. The largest absolute Gasteiger partial charge is 0.497 e. The number of hydrogen-bond donors (Lipinski definition) is 2. The van der Waals surface area contributed by atoms with Gasteiger partial charge in [-0.2, -0.15) is 0 Å². The minimum Gasteiger partial charge on any atom is -0.497 e. The van der Waals surface area contributed by atoms with Gasteiger partial charge in [-0.1, -0.05) is 0 Å². The molecular formula is C19H17N5O2S. The normalized spacial score (nSPS) is 10.9. The van der Waals surface area contributed by atoms with Gasteiger partial charge in [0.05, 0.1) is 7.11 Å². The van der Waals surface area contributed by atoms with Gasteiger partial charge in [-0.05, 0) is 54.2 Å². The minimum atomic E-state index is -0.195. The van der Waals surface area contributed by atoms with Gasteiger partial charge >= 0.3 is 0 Å². The van der Waals surface area contributed by atoms with Gasteiger partial charge in [-0.25, -0.2) is 0 Å². The van der Waals surface area contributed by atoms with Crippen LogP contribution in [0.1, 0.15) is 10.5 Å². The van der Waals surface area contributed by atoms with E-state index in [1.807, 2.05) is 60.1 Å². The van der Waals surface area contributed by atoms with E-state index in [1.54, 1.807) is 13.4 Å². The summed E-state index contributed by atoms with van der Waals surface area (Å²) in [7, 11) is 3.51. The predicted molar refractivity (Wildman–Crippen MR) is 104 cm³/mol.